The molecular weight excluding hydrogens is 240 g/mol. The molecule has 4 rings (SSSR count). The lowest BCUT2D eigenvalue weighted by Crippen LogP contribution is -2.25. The fraction of sp³-hybridized carbons (Fsp3) is 0.286. The van der Waals surface area contributed by atoms with Gasteiger partial charge in [0.1, 0.15) is 5.82 Å². The zero-order valence-corrected chi connectivity index (χ0v) is 10.4. The van der Waals surface area contributed by atoms with Crippen LogP contribution in [0.3, 0.4) is 0 Å². The Morgan fingerprint density at radius 2 is 2.16 bits per heavy atom. The van der Waals surface area contributed by atoms with Crippen molar-refractivity contribution >= 4 is 11.7 Å². The van der Waals surface area contributed by atoms with Gasteiger partial charge >= 0.3 is 0 Å². The van der Waals surface area contributed by atoms with Gasteiger partial charge in [0, 0.05) is 29.8 Å². The van der Waals surface area contributed by atoms with Gasteiger partial charge < -0.3 is 10.6 Å². The summed E-state index contributed by atoms with van der Waals surface area (Å²) in [6.45, 7) is 0.754. The molecule has 96 valence electrons. The molecular formula is C14H14N4O. The van der Waals surface area contributed by atoms with Crippen molar-refractivity contribution in [3.63, 3.8) is 0 Å². The molecule has 19 heavy (non-hydrogen) atoms. The maximum Gasteiger partial charge on any atom is 0.254 e. The lowest BCUT2D eigenvalue weighted by molar-refractivity contribution is 0.0766. The maximum atomic E-state index is 12.3. The van der Waals surface area contributed by atoms with Gasteiger partial charge in [-0.25, -0.2) is 0 Å². The van der Waals surface area contributed by atoms with Crippen LogP contribution in [-0.4, -0.2) is 27.0 Å². The number of nitrogens with two attached hydrogens (primary N) is 1. The summed E-state index contributed by atoms with van der Waals surface area (Å²) in [5, 5.41) is 6.79. The van der Waals surface area contributed by atoms with E-state index < -0.39 is 0 Å². The molecule has 2 heterocycles. The molecule has 0 unspecified atom stereocenters. The van der Waals surface area contributed by atoms with Crippen molar-refractivity contribution in [3.05, 3.63) is 35.4 Å². The fourth-order valence-electron chi connectivity index (χ4n) is 2.66. The van der Waals surface area contributed by atoms with Gasteiger partial charge in [-0.15, -0.1) is 0 Å². The molecule has 1 aliphatic heterocycles. The van der Waals surface area contributed by atoms with Crippen molar-refractivity contribution in [2.45, 2.75) is 25.4 Å². The molecule has 1 aromatic heterocycles. The standard InChI is InChI=1S/C14H14N4O/c15-13-6-12(16-17-13)8-1-2-9-7-18(10-3-4-10)14(19)11(9)5-8/h1-2,5-6,10H,3-4,7H2,(H3,15,16,17). The Morgan fingerprint density at radius 1 is 1.32 bits per heavy atom. The minimum Gasteiger partial charge on any atom is -0.382 e. The maximum absolute atomic E-state index is 12.3. The van der Waals surface area contributed by atoms with E-state index in [9.17, 15) is 4.79 Å². The number of nitrogen functional groups attached to an aromatic ring is 1. The number of aromatic nitrogens is 2. The van der Waals surface area contributed by atoms with Crippen LogP contribution in [0.2, 0.25) is 0 Å². The van der Waals surface area contributed by atoms with E-state index in [2.05, 4.69) is 10.2 Å². The fourth-order valence-corrected chi connectivity index (χ4v) is 2.66. The van der Waals surface area contributed by atoms with Gasteiger partial charge in [0.05, 0.1) is 5.69 Å². The van der Waals surface area contributed by atoms with E-state index in [-0.39, 0.29) is 5.91 Å². The highest BCUT2D eigenvalue weighted by Crippen LogP contribution is 2.35. The number of anilines is 1. The van der Waals surface area contributed by atoms with Gasteiger partial charge in [-0.05, 0) is 24.5 Å². The molecule has 5 nitrogen and oxygen atoms in total. The topological polar surface area (TPSA) is 75.0 Å². The Morgan fingerprint density at radius 3 is 2.84 bits per heavy atom. The zero-order chi connectivity index (χ0) is 13.0. The van der Waals surface area contributed by atoms with Gasteiger partial charge in [0.2, 0.25) is 0 Å². The van der Waals surface area contributed by atoms with Gasteiger partial charge in [-0.1, -0.05) is 12.1 Å². The summed E-state index contributed by atoms with van der Waals surface area (Å²) in [7, 11) is 0. The smallest absolute Gasteiger partial charge is 0.254 e. The highest BCUT2D eigenvalue weighted by Gasteiger charge is 2.38. The van der Waals surface area contributed by atoms with Crippen molar-refractivity contribution in [1.82, 2.24) is 15.1 Å². The number of carbonyl (C=O) groups is 1. The minimum absolute atomic E-state index is 0.159. The Kier molecular flexibility index (Phi) is 2.01. The molecule has 1 aromatic carbocycles. The third kappa shape index (κ3) is 1.62. The second-order valence-electron chi connectivity index (χ2n) is 5.24. The largest absolute Gasteiger partial charge is 0.382 e. The van der Waals surface area contributed by atoms with Gasteiger partial charge in [0.25, 0.3) is 5.91 Å². The molecule has 0 spiro atoms. The van der Waals surface area contributed by atoms with E-state index in [0.29, 0.717) is 11.9 Å². The highest BCUT2D eigenvalue weighted by atomic mass is 16.2. The molecule has 0 saturated heterocycles. The number of carbonyl (C=O) groups excluding carboxylic acids is 1. The Hall–Kier alpha value is -2.30. The van der Waals surface area contributed by atoms with E-state index in [4.69, 9.17) is 5.73 Å². The summed E-state index contributed by atoms with van der Waals surface area (Å²) >= 11 is 0. The summed E-state index contributed by atoms with van der Waals surface area (Å²) < 4.78 is 0. The van der Waals surface area contributed by atoms with Crippen LogP contribution < -0.4 is 5.73 Å². The van der Waals surface area contributed by atoms with E-state index in [1.165, 1.54) is 0 Å². The number of H-pyrrole nitrogens is 1. The molecule has 1 fully saturated rings. The normalized spacial score (nSPS) is 17.9. The summed E-state index contributed by atoms with van der Waals surface area (Å²) in [4.78, 5) is 14.3. The molecule has 1 saturated carbocycles. The summed E-state index contributed by atoms with van der Waals surface area (Å²) in [6.07, 6.45) is 2.29. The molecule has 1 amide bonds. The van der Waals surface area contributed by atoms with Crippen LogP contribution in [-0.2, 0) is 6.54 Å². The van der Waals surface area contributed by atoms with Gasteiger partial charge in [-0.2, -0.15) is 5.10 Å². The SMILES string of the molecule is Nc1cc(-c2ccc3c(c2)C(=O)N(C2CC2)C3)[nH]n1. The number of rotatable bonds is 2. The first-order valence-corrected chi connectivity index (χ1v) is 6.47. The minimum atomic E-state index is 0.159. The zero-order valence-electron chi connectivity index (χ0n) is 10.4. The van der Waals surface area contributed by atoms with E-state index in [1.807, 2.05) is 23.1 Å². The van der Waals surface area contributed by atoms with Crippen LogP contribution in [0.4, 0.5) is 5.82 Å². The van der Waals surface area contributed by atoms with E-state index in [0.717, 1.165) is 41.8 Å². The van der Waals surface area contributed by atoms with Crippen molar-refractivity contribution in [2.24, 2.45) is 0 Å². The predicted octanol–water partition coefficient (Wildman–Crippen LogP) is 1.78. The van der Waals surface area contributed by atoms with Crippen LogP contribution in [0.15, 0.2) is 24.3 Å². The molecule has 2 aromatic rings. The number of fused-ring (bicyclic) bond motifs is 1. The number of nitrogens with zero attached hydrogens (tertiary/aromatic N) is 2. The van der Waals surface area contributed by atoms with E-state index >= 15 is 0 Å². The number of aromatic amines is 1. The third-order valence-electron chi connectivity index (χ3n) is 3.84. The number of hydrogen-bond donors (Lipinski definition) is 2. The van der Waals surface area contributed by atoms with Crippen molar-refractivity contribution in [1.29, 1.82) is 0 Å². The van der Waals surface area contributed by atoms with Crippen LogP contribution in [0.5, 0.6) is 0 Å². The average Bonchev–Trinajstić information content (AvgIpc) is 3.09. The predicted molar refractivity (Wildman–Crippen MR) is 71.3 cm³/mol. The third-order valence-corrected chi connectivity index (χ3v) is 3.84. The Labute approximate surface area is 110 Å². The molecule has 3 N–H and O–H groups in total. The van der Waals surface area contributed by atoms with Crippen LogP contribution >= 0.6 is 0 Å². The summed E-state index contributed by atoms with van der Waals surface area (Å²) in [5.41, 5.74) is 9.34. The van der Waals surface area contributed by atoms with Crippen LogP contribution in [0, 0.1) is 0 Å². The summed E-state index contributed by atoms with van der Waals surface area (Å²) in [5.74, 6) is 0.619. The molecule has 5 heteroatoms. The molecule has 0 atom stereocenters. The van der Waals surface area contributed by atoms with Crippen molar-refractivity contribution < 1.29 is 4.79 Å². The Bertz CT molecular complexity index is 672. The van der Waals surface area contributed by atoms with E-state index in [1.54, 1.807) is 6.07 Å². The average molecular weight is 254 g/mol. The van der Waals surface area contributed by atoms with Crippen LogP contribution in [0.25, 0.3) is 11.3 Å². The van der Waals surface area contributed by atoms with Crippen LogP contribution in [0.1, 0.15) is 28.8 Å². The number of hydrogen-bond acceptors (Lipinski definition) is 3. The quantitative estimate of drug-likeness (QED) is 0.857. The number of benzene rings is 1. The second kappa shape index (κ2) is 3.60. The molecule has 0 bridgehead atoms. The van der Waals surface area contributed by atoms with Gasteiger partial charge in [-0.3, -0.25) is 9.89 Å². The first-order chi connectivity index (χ1) is 9.22. The molecule has 1 aliphatic carbocycles. The first-order valence-electron chi connectivity index (χ1n) is 6.47. The van der Waals surface area contributed by atoms with Crippen molar-refractivity contribution in [3.8, 4) is 11.3 Å². The van der Waals surface area contributed by atoms with Crippen molar-refractivity contribution in [2.75, 3.05) is 5.73 Å². The number of nitrogens with one attached hydrogen (secondary N) is 1. The Balaban J connectivity index is 1.73. The molecule has 0 radical (unpaired) electrons. The molecule has 2 aliphatic rings. The second-order valence-corrected chi connectivity index (χ2v) is 5.24. The van der Waals surface area contributed by atoms with Gasteiger partial charge in [0.15, 0.2) is 0 Å². The summed E-state index contributed by atoms with van der Waals surface area (Å²) in [6, 6.07) is 8.22. The lowest BCUT2D eigenvalue weighted by Gasteiger charge is -2.13. The first kappa shape index (κ1) is 10.6. The number of amides is 1. The monoisotopic (exact) mass is 254 g/mol. The highest BCUT2D eigenvalue weighted by molar-refractivity contribution is 5.99. The lowest BCUT2D eigenvalue weighted by atomic mass is 10.0.